The van der Waals surface area contributed by atoms with Crippen LogP contribution in [0.25, 0.3) is 0 Å². The van der Waals surface area contributed by atoms with Crippen molar-refractivity contribution < 1.29 is 18.9 Å². The SMILES string of the molecule is COc1cc(OC)c(OC2CC3CCC(C2)N3)c(OC)c1. The van der Waals surface area contributed by atoms with E-state index in [0.29, 0.717) is 35.1 Å². The third-order valence-electron chi connectivity index (χ3n) is 4.38. The van der Waals surface area contributed by atoms with Gasteiger partial charge in [-0.2, -0.15) is 0 Å². The van der Waals surface area contributed by atoms with Gasteiger partial charge in [0.1, 0.15) is 11.9 Å². The molecule has 0 radical (unpaired) electrons. The number of hydrogen-bond acceptors (Lipinski definition) is 5. The second-order valence-electron chi connectivity index (χ2n) is 5.71. The first-order valence-electron chi connectivity index (χ1n) is 7.46. The Hall–Kier alpha value is -1.62. The van der Waals surface area contributed by atoms with E-state index in [1.54, 1.807) is 21.3 Å². The topological polar surface area (TPSA) is 49.0 Å². The van der Waals surface area contributed by atoms with Crippen LogP contribution in [-0.2, 0) is 0 Å². The molecule has 2 atom stereocenters. The molecule has 0 amide bonds. The molecule has 2 bridgehead atoms. The van der Waals surface area contributed by atoms with Crippen LogP contribution in [0, 0.1) is 0 Å². The highest BCUT2D eigenvalue weighted by atomic mass is 16.5. The van der Waals surface area contributed by atoms with Crippen molar-refractivity contribution in [1.29, 1.82) is 0 Å². The summed E-state index contributed by atoms with van der Waals surface area (Å²) in [7, 11) is 4.89. The van der Waals surface area contributed by atoms with Gasteiger partial charge in [-0.3, -0.25) is 0 Å². The van der Waals surface area contributed by atoms with Crippen LogP contribution in [0.3, 0.4) is 0 Å². The standard InChI is InChI=1S/C16H23NO4/c1-18-12-8-14(19-2)16(15(9-12)20-3)21-13-6-10-4-5-11(7-13)17-10/h8-11,13,17H,4-7H2,1-3H3. The van der Waals surface area contributed by atoms with Gasteiger partial charge in [0, 0.05) is 24.2 Å². The lowest BCUT2D eigenvalue weighted by molar-refractivity contribution is 0.128. The van der Waals surface area contributed by atoms with Crippen molar-refractivity contribution in [2.24, 2.45) is 0 Å². The molecule has 2 aliphatic heterocycles. The Morgan fingerprint density at radius 2 is 1.48 bits per heavy atom. The number of methoxy groups -OCH3 is 3. The minimum absolute atomic E-state index is 0.208. The second-order valence-corrected chi connectivity index (χ2v) is 5.71. The lowest BCUT2D eigenvalue weighted by Crippen LogP contribution is -2.42. The lowest BCUT2D eigenvalue weighted by Gasteiger charge is -2.30. The van der Waals surface area contributed by atoms with Gasteiger partial charge in [-0.05, 0) is 25.7 Å². The van der Waals surface area contributed by atoms with E-state index < -0.39 is 0 Å². The smallest absolute Gasteiger partial charge is 0.204 e. The molecule has 2 aliphatic rings. The normalized spacial score (nSPS) is 27.3. The molecule has 0 aromatic heterocycles. The van der Waals surface area contributed by atoms with Gasteiger partial charge in [-0.15, -0.1) is 0 Å². The van der Waals surface area contributed by atoms with Gasteiger partial charge in [0.15, 0.2) is 11.5 Å². The average molecular weight is 293 g/mol. The van der Waals surface area contributed by atoms with Crippen molar-refractivity contribution in [1.82, 2.24) is 5.32 Å². The van der Waals surface area contributed by atoms with E-state index in [2.05, 4.69) is 5.32 Å². The molecule has 5 heteroatoms. The Bertz CT molecular complexity index is 468. The zero-order valence-corrected chi connectivity index (χ0v) is 12.8. The van der Waals surface area contributed by atoms with Crippen molar-refractivity contribution in [3.8, 4) is 23.0 Å². The number of nitrogens with one attached hydrogen (secondary N) is 1. The highest BCUT2D eigenvalue weighted by Crippen LogP contribution is 2.43. The molecule has 2 unspecified atom stereocenters. The number of piperidine rings is 1. The van der Waals surface area contributed by atoms with E-state index in [9.17, 15) is 0 Å². The zero-order valence-electron chi connectivity index (χ0n) is 12.8. The summed E-state index contributed by atoms with van der Waals surface area (Å²) in [6.45, 7) is 0. The fourth-order valence-corrected chi connectivity index (χ4v) is 3.36. The zero-order chi connectivity index (χ0) is 14.8. The maximum Gasteiger partial charge on any atom is 0.204 e. The van der Waals surface area contributed by atoms with Crippen LogP contribution in [0.4, 0.5) is 0 Å². The Kier molecular flexibility index (Phi) is 4.10. The lowest BCUT2D eigenvalue weighted by atomic mass is 10.0. The third-order valence-corrected chi connectivity index (χ3v) is 4.38. The van der Waals surface area contributed by atoms with Gasteiger partial charge < -0.3 is 24.3 Å². The van der Waals surface area contributed by atoms with Gasteiger partial charge in [0.25, 0.3) is 0 Å². The van der Waals surface area contributed by atoms with Crippen molar-refractivity contribution in [2.45, 2.75) is 43.9 Å². The van der Waals surface area contributed by atoms with E-state index >= 15 is 0 Å². The molecule has 0 aliphatic carbocycles. The minimum Gasteiger partial charge on any atom is -0.496 e. The first-order valence-corrected chi connectivity index (χ1v) is 7.46. The number of benzene rings is 1. The third kappa shape index (κ3) is 2.88. The van der Waals surface area contributed by atoms with Crippen molar-refractivity contribution in [3.05, 3.63) is 12.1 Å². The number of hydrogen-bond donors (Lipinski definition) is 1. The summed E-state index contributed by atoms with van der Waals surface area (Å²) in [5, 5.41) is 3.62. The van der Waals surface area contributed by atoms with Crippen molar-refractivity contribution in [2.75, 3.05) is 21.3 Å². The summed E-state index contributed by atoms with van der Waals surface area (Å²) < 4.78 is 22.4. The Morgan fingerprint density at radius 3 is 1.95 bits per heavy atom. The van der Waals surface area contributed by atoms with E-state index in [1.165, 1.54) is 12.8 Å². The summed E-state index contributed by atoms with van der Waals surface area (Å²) >= 11 is 0. The van der Waals surface area contributed by atoms with E-state index in [1.807, 2.05) is 12.1 Å². The molecule has 0 spiro atoms. The van der Waals surface area contributed by atoms with Gasteiger partial charge >= 0.3 is 0 Å². The molecule has 2 saturated heterocycles. The maximum absolute atomic E-state index is 6.23. The van der Waals surface area contributed by atoms with Crippen molar-refractivity contribution in [3.63, 3.8) is 0 Å². The largest absolute Gasteiger partial charge is 0.496 e. The summed E-state index contributed by atoms with van der Waals surface area (Å²) in [6, 6.07) is 4.83. The molecule has 2 fully saturated rings. The first kappa shape index (κ1) is 14.3. The van der Waals surface area contributed by atoms with Crippen LogP contribution in [0.1, 0.15) is 25.7 Å². The maximum atomic E-state index is 6.23. The molecule has 21 heavy (non-hydrogen) atoms. The van der Waals surface area contributed by atoms with E-state index in [4.69, 9.17) is 18.9 Å². The van der Waals surface area contributed by atoms with Gasteiger partial charge in [-0.25, -0.2) is 0 Å². The predicted molar refractivity (Wildman–Crippen MR) is 79.7 cm³/mol. The molecular formula is C16H23NO4. The predicted octanol–water partition coefficient (Wildman–Crippen LogP) is 2.37. The second kappa shape index (κ2) is 6.02. The van der Waals surface area contributed by atoms with Crippen LogP contribution in [0.2, 0.25) is 0 Å². The number of rotatable bonds is 5. The monoisotopic (exact) mass is 293 g/mol. The van der Waals surface area contributed by atoms with Crippen molar-refractivity contribution >= 4 is 0 Å². The molecule has 1 aromatic rings. The number of ether oxygens (including phenoxy) is 4. The fourth-order valence-electron chi connectivity index (χ4n) is 3.36. The highest BCUT2D eigenvalue weighted by Gasteiger charge is 2.35. The molecule has 1 aromatic carbocycles. The Morgan fingerprint density at radius 1 is 0.905 bits per heavy atom. The molecule has 5 nitrogen and oxygen atoms in total. The summed E-state index contributed by atoms with van der Waals surface area (Å²) in [4.78, 5) is 0. The Balaban J connectivity index is 1.83. The molecular weight excluding hydrogens is 270 g/mol. The fraction of sp³-hybridized carbons (Fsp3) is 0.625. The summed E-state index contributed by atoms with van der Waals surface area (Å²) in [6.07, 6.45) is 4.78. The van der Waals surface area contributed by atoms with Gasteiger partial charge in [-0.1, -0.05) is 0 Å². The van der Waals surface area contributed by atoms with Crippen LogP contribution in [0.5, 0.6) is 23.0 Å². The molecule has 3 rings (SSSR count). The van der Waals surface area contributed by atoms with Crippen LogP contribution < -0.4 is 24.3 Å². The van der Waals surface area contributed by atoms with E-state index in [0.717, 1.165) is 12.8 Å². The van der Waals surface area contributed by atoms with E-state index in [-0.39, 0.29) is 6.10 Å². The van der Waals surface area contributed by atoms with Crippen LogP contribution >= 0.6 is 0 Å². The molecule has 1 N–H and O–H groups in total. The molecule has 2 heterocycles. The summed E-state index contributed by atoms with van der Waals surface area (Å²) in [5.74, 6) is 2.67. The average Bonchev–Trinajstić information content (AvgIpc) is 2.86. The van der Waals surface area contributed by atoms with Gasteiger partial charge in [0.05, 0.1) is 21.3 Å². The van der Waals surface area contributed by atoms with Gasteiger partial charge in [0.2, 0.25) is 5.75 Å². The quantitative estimate of drug-likeness (QED) is 0.903. The number of fused-ring (bicyclic) bond motifs is 2. The molecule has 0 saturated carbocycles. The minimum atomic E-state index is 0.208. The van der Waals surface area contributed by atoms with Crippen LogP contribution in [0.15, 0.2) is 12.1 Å². The highest BCUT2D eigenvalue weighted by molar-refractivity contribution is 5.56. The Labute approximate surface area is 125 Å². The molecule has 116 valence electrons. The summed E-state index contributed by atoms with van der Waals surface area (Å²) in [5.41, 5.74) is 0. The van der Waals surface area contributed by atoms with Crippen LogP contribution in [-0.4, -0.2) is 39.5 Å². The first-order chi connectivity index (χ1) is 10.2.